The first kappa shape index (κ1) is 18.3. The van der Waals surface area contributed by atoms with Gasteiger partial charge in [-0.05, 0) is 45.1 Å². The molecular weight excluding hydrogens is 382 g/mol. The molecule has 0 spiro atoms. The zero-order valence-electron chi connectivity index (χ0n) is 16.7. The molecular formula is C23H23N3O2S. The van der Waals surface area contributed by atoms with Crippen LogP contribution in [0.5, 0.6) is 0 Å². The number of fused-ring (bicyclic) bond motifs is 3. The summed E-state index contributed by atoms with van der Waals surface area (Å²) in [6.45, 7) is 4.26. The Kier molecular flexibility index (Phi) is 4.59. The van der Waals surface area contributed by atoms with Gasteiger partial charge in [-0.1, -0.05) is 41.9 Å². The van der Waals surface area contributed by atoms with E-state index in [1.807, 2.05) is 48.7 Å². The topological polar surface area (TPSA) is 60.9 Å². The van der Waals surface area contributed by atoms with Crippen molar-refractivity contribution >= 4 is 21.6 Å². The first-order chi connectivity index (χ1) is 14.1. The van der Waals surface area contributed by atoms with E-state index in [2.05, 4.69) is 10.1 Å². The molecule has 0 radical (unpaired) electrons. The SMILES string of the molecule is Cc1noc(C)c1Cn1c(=O)nc(-c2ccccc2)c2c3c(sc21)CCCCC3. The standard InChI is InChI=1S/C23H23N3O2S/c1-14-18(15(2)28-25-14)13-26-22-20(17-11-7-4-8-12-19(17)29-22)21(24-23(26)27)16-9-5-3-6-10-16/h3,5-6,9-10H,4,7-8,11-13H2,1-2H3. The van der Waals surface area contributed by atoms with Crippen LogP contribution in [0.1, 0.15) is 46.7 Å². The summed E-state index contributed by atoms with van der Waals surface area (Å²) in [6, 6.07) is 10.1. The minimum absolute atomic E-state index is 0.215. The maximum absolute atomic E-state index is 13.2. The normalized spacial score (nSPS) is 14.1. The van der Waals surface area contributed by atoms with Crippen LogP contribution in [0.15, 0.2) is 39.6 Å². The number of hydrogen-bond donors (Lipinski definition) is 0. The van der Waals surface area contributed by atoms with Gasteiger partial charge in [0.2, 0.25) is 0 Å². The van der Waals surface area contributed by atoms with Crippen molar-refractivity contribution in [2.75, 3.05) is 0 Å². The van der Waals surface area contributed by atoms with Crippen LogP contribution in [0.3, 0.4) is 0 Å². The average molecular weight is 406 g/mol. The molecule has 4 aromatic rings. The molecule has 0 unspecified atom stereocenters. The molecule has 1 aliphatic carbocycles. The number of rotatable bonds is 3. The molecule has 5 rings (SSSR count). The third-order valence-corrected chi connectivity index (χ3v) is 7.18. The lowest BCUT2D eigenvalue weighted by molar-refractivity contribution is 0.392. The van der Waals surface area contributed by atoms with Crippen molar-refractivity contribution in [1.82, 2.24) is 14.7 Å². The fraction of sp³-hybridized carbons (Fsp3) is 0.348. The fourth-order valence-electron chi connectivity index (χ4n) is 4.29. The minimum Gasteiger partial charge on any atom is -0.361 e. The second-order valence-corrected chi connectivity index (χ2v) is 8.83. The highest BCUT2D eigenvalue weighted by molar-refractivity contribution is 7.19. The summed E-state index contributed by atoms with van der Waals surface area (Å²) >= 11 is 1.77. The number of thiophene rings is 1. The largest absolute Gasteiger partial charge is 0.361 e. The summed E-state index contributed by atoms with van der Waals surface area (Å²) in [4.78, 5) is 20.2. The molecule has 29 heavy (non-hydrogen) atoms. The summed E-state index contributed by atoms with van der Waals surface area (Å²) in [5.74, 6) is 0.757. The Morgan fingerprint density at radius 2 is 1.90 bits per heavy atom. The van der Waals surface area contributed by atoms with E-state index in [9.17, 15) is 4.79 Å². The van der Waals surface area contributed by atoms with Crippen LogP contribution < -0.4 is 5.69 Å². The highest BCUT2D eigenvalue weighted by Gasteiger charge is 2.23. The molecule has 3 aromatic heterocycles. The van der Waals surface area contributed by atoms with Crippen molar-refractivity contribution in [3.63, 3.8) is 0 Å². The molecule has 0 fully saturated rings. The van der Waals surface area contributed by atoms with E-state index in [0.29, 0.717) is 6.54 Å². The smallest absolute Gasteiger partial charge is 0.349 e. The molecule has 5 nitrogen and oxygen atoms in total. The van der Waals surface area contributed by atoms with Gasteiger partial charge in [-0.3, -0.25) is 4.57 Å². The lowest BCUT2D eigenvalue weighted by Gasteiger charge is -2.11. The molecule has 6 heteroatoms. The van der Waals surface area contributed by atoms with Gasteiger partial charge in [0.05, 0.1) is 17.9 Å². The summed E-state index contributed by atoms with van der Waals surface area (Å²) in [7, 11) is 0. The molecule has 0 bridgehead atoms. The number of aryl methyl sites for hydroxylation is 4. The van der Waals surface area contributed by atoms with E-state index in [-0.39, 0.29) is 5.69 Å². The van der Waals surface area contributed by atoms with Crippen LogP contribution in [-0.4, -0.2) is 14.7 Å². The number of nitrogens with zero attached hydrogens (tertiary/aromatic N) is 3. The molecule has 0 amide bonds. The van der Waals surface area contributed by atoms with E-state index in [0.717, 1.165) is 51.3 Å². The Labute approximate surface area is 173 Å². The number of hydrogen-bond acceptors (Lipinski definition) is 5. The van der Waals surface area contributed by atoms with Gasteiger partial charge in [0.15, 0.2) is 0 Å². The summed E-state index contributed by atoms with van der Waals surface area (Å²) in [6.07, 6.45) is 5.80. The van der Waals surface area contributed by atoms with E-state index in [1.54, 1.807) is 11.3 Å². The molecule has 0 aliphatic heterocycles. The predicted octanol–water partition coefficient (Wildman–Crippen LogP) is 5.05. The van der Waals surface area contributed by atoms with Gasteiger partial charge in [-0.15, -0.1) is 11.3 Å². The summed E-state index contributed by atoms with van der Waals surface area (Å²) in [5, 5.41) is 5.21. The lowest BCUT2D eigenvalue weighted by Crippen LogP contribution is -2.24. The summed E-state index contributed by atoms with van der Waals surface area (Å²) in [5.41, 5.74) is 4.79. The quantitative estimate of drug-likeness (QED) is 0.448. The molecule has 0 atom stereocenters. The molecule has 1 aliphatic rings. The maximum Gasteiger partial charge on any atom is 0.349 e. The van der Waals surface area contributed by atoms with Crippen molar-refractivity contribution in [3.05, 3.63) is 68.3 Å². The van der Waals surface area contributed by atoms with Crippen molar-refractivity contribution < 1.29 is 4.52 Å². The van der Waals surface area contributed by atoms with Gasteiger partial charge in [0.1, 0.15) is 10.6 Å². The Morgan fingerprint density at radius 1 is 1.10 bits per heavy atom. The summed E-state index contributed by atoms with van der Waals surface area (Å²) < 4.78 is 7.14. The van der Waals surface area contributed by atoms with Crippen LogP contribution in [0.4, 0.5) is 0 Å². The molecule has 0 saturated heterocycles. The second-order valence-electron chi connectivity index (χ2n) is 7.74. The predicted molar refractivity (Wildman–Crippen MR) is 116 cm³/mol. The van der Waals surface area contributed by atoms with Crippen LogP contribution in [0.2, 0.25) is 0 Å². The van der Waals surface area contributed by atoms with Gasteiger partial charge in [0.25, 0.3) is 0 Å². The molecule has 3 heterocycles. The first-order valence-electron chi connectivity index (χ1n) is 10.2. The van der Waals surface area contributed by atoms with Gasteiger partial charge in [0, 0.05) is 21.4 Å². The van der Waals surface area contributed by atoms with Gasteiger partial charge in [-0.25, -0.2) is 4.79 Å². The third-order valence-electron chi connectivity index (χ3n) is 5.87. The second kappa shape index (κ2) is 7.26. The zero-order valence-corrected chi connectivity index (χ0v) is 17.5. The van der Waals surface area contributed by atoms with Crippen molar-refractivity contribution in [2.45, 2.75) is 52.5 Å². The van der Waals surface area contributed by atoms with E-state index >= 15 is 0 Å². The van der Waals surface area contributed by atoms with Gasteiger partial charge < -0.3 is 4.52 Å². The Balaban J connectivity index is 1.80. The van der Waals surface area contributed by atoms with Crippen LogP contribution in [0.25, 0.3) is 21.5 Å². The lowest BCUT2D eigenvalue weighted by atomic mass is 10.0. The molecule has 0 N–H and O–H groups in total. The van der Waals surface area contributed by atoms with E-state index in [1.165, 1.54) is 29.7 Å². The Hall–Kier alpha value is -2.73. The highest BCUT2D eigenvalue weighted by Crippen LogP contribution is 2.39. The third kappa shape index (κ3) is 3.12. The average Bonchev–Trinajstić information content (AvgIpc) is 3.14. The highest BCUT2D eigenvalue weighted by atomic mass is 32.1. The zero-order chi connectivity index (χ0) is 20.0. The van der Waals surface area contributed by atoms with E-state index in [4.69, 9.17) is 4.52 Å². The molecule has 1 aromatic carbocycles. The van der Waals surface area contributed by atoms with Crippen molar-refractivity contribution in [2.24, 2.45) is 0 Å². The number of aromatic nitrogens is 3. The van der Waals surface area contributed by atoms with Crippen LogP contribution in [0, 0.1) is 13.8 Å². The molecule has 0 saturated carbocycles. The van der Waals surface area contributed by atoms with Gasteiger partial charge in [-0.2, -0.15) is 4.98 Å². The van der Waals surface area contributed by atoms with Gasteiger partial charge >= 0.3 is 5.69 Å². The van der Waals surface area contributed by atoms with Crippen LogP contribution >= 0.6 is 11.3 Å². The monoisotopic (exact) mass is 405 g/mol. The maximum atomic E-state index is 13.2. The first-order valence-corrected chi connectivity index (χ1v) is 11.0. The Morgan fingerprint density at radius 3 is 2.66 bits per heavy atom. The van der Waals surface area contributed by atoms with E-state index < -0.39 is 0 Å². The Bertz CT molecular complexity index is 1230. The van der Waals surface area contributed by atoms with Crippen molar-refractivity contribution in [3.8, 4) is 11.3 Å². The number of benzene rings is 1. The minimum atomic E-state index is -0.215. The fourth-order valence-corrected chi connectivity index (χ4v) is 5.67. The molecule has 148 valence electrons. The van der Waals surface area contributed by atoms with Crippen molar-refractivity contribution in [1.29, 1.82) is 0 Å². The van der Waals surface area contributed by atoms with Crippen LogP contribution in [-0.2, 0) is 19.4 Å².